The summed E-state index contributed by atoms with van der Waals surface area (Å²) < 4.78 is 64.4. The third kappa shape index (κ3) is 2.20. The minimum Gasteiger partial charge on any atom is -0.342 e. The van der Waals surface area contributed by atoms with E-state index in [2.05, 4.69) is 4.98 Å². The molecule has 0 fully saturated rings. The molecule has 0 atom stereocenters. The summed E-state index contributed by atoms with van der Waals surface area (Å²) in [6.07, 6.45) is 0. The molecule has 3 aromatic rings. The van der Waals surface area contributed by atoms with Gasteiger partial charge in [-0.05, 0) is 16.8 Å². The molecule has 9 heteroatoms. The normalized spacial score (nSPS) is 13.0. The van der Waals surface area contributed by atoms with Gasteiger partial charge in [0, 0.05) is 10.9 Å². The molecule has 2 aromatic carbocycles. The number of fused-ring (bicyclic) bond motifs is 3. The Balaban J connectivity index is 2.68. The van der Waals surface area contributed by atoms with Crippen molar-refractivity contribution in [2.45, 2.75) is 9.92 Å². The largest absolute Gasteiger partial charge is 0.342 e. The Kier molecular flexibility index (Phi) is 2.85. The maximum Gasteiger partial charge on any atom is 0.311 e. The van der Waals surface area contributed by atoms with Crippen molar-refractivity contribution in [1.29, 1.82) is 0 Å². The second-order valence-corrected chi connectivity index (χ2v) is 7.16. The SMILES string of the molecule is O=S(=O)(O)c1[nH]c2ccc3ccccc3c2c1S(=O)(=O)O. The van der Waals surface area contributed by atoms with Gasteiger partial charge in [-0.3, -0.25) is 9.11 Å². The van der Waals surface area contributed by atoms with Crippen LogP contribution in [0, 0.1) is 0 Å². The van der Waals surface area contributed by atoms with E-state index in [-0.39, 0.29) is 10.9 Å². The molecule has 0 saturated carbocycles. The number of aromatic amines is 1. The molecule has 3 rings (SSSR count). The summed E-state index contributed by atoms with van der Waals surface area (Å²) in [7, 11) is -9.70. The van der Waals surface area contributed by atoms with Gasteiger partial charge in [0.15, 0.2) is 5.03 Å². The van der Waals surface area contributed by atoms with Crippen molar-refractivity contribution in [3.63, 3.8) is 0 Å². The Bertz CT molecular complexity index is 1080. The lowest BCUT2D eigenvalue weighted by atomic mass is 10.1. The lowest BCUT2D eigenvalue weighted by Gasteiger charge is -2.02. The predicted octanol–water partition coefficient (Wildman–Crippen LogP) is 1.81. The first kappa shape index (κ1) is 14.0. The molecule has 0 saturated heterocycles. The van der Waals surface area contributed by atoms with Crippen LogP contribution in [-0.4, -0.2) is 30.9 Å². The molecule has 0 aliphatic rings. The van der Waals surface area contributed by atoms with E-state index >= 15 is 0 Å². The molecule has 3 N–H and O–H groups in total. The van der Waals surface area contributed by atoms with Gasteiger partial charge in [-0.15, -0.1) is 0 Å². The number of hydrogen-bond acceptors (Lipinski definition) is 4. The molecule has 110 valence electrons. The number of H-pyrrole nitrogens is 1. The highest BCUT2D eigenvalue weighted by Crippen LogP contribution is 2.35. The minimum atomic E-state index is -4.86. The van der Waals surface area contributed by atoms with Crippen LogP contribution in [0.2, 0.25) is 0 Å². The van der Waals surface area contributed by atoms with Gasteiger partial charge >= 0.3 is 10.1 Å². The summed E-state index contributed by atoms with van der Waals surface area (Å²) in [5.41, 5.74) is 0.175. The van der Waals surface area contributed by atoms with Crippen molar-refractivity contribution < 1.29 is 25.9 Å². The third-order valence-corrected chi connectivity index (χ3v) is 5.00. The van der Waals surface area contributed by atoms with Crippen molar-refractivity contribution in [3.8, 4) is 0 Å². The van der Waals surface area contributed by atoms with E-state index in [9.17, 15) is 25.9 Å². The van der Waals surface area contributed by atoms with E-state index in [0.29, 0.717) is 10.8 Å². The van der Waals surface area contributed by atoms with Gasteiger partial charge in [0.1, 0.15) is 4.90 Å². The van der Waals surface area contributed by atoms with Crippen LogP contribution in [0.25, 0.3) is 21.7 Å². The molecule has 7 nitrogen and oxygen atoms in total. The zero-order chi connectivity index (χ0) is 15.4. The molecule has 0 unspecified atom stereocenters. The minimum absolute atomic E-state index is 0.0169. The van der Waals surface area contributed by atoms with Crippen molar-refractivity contribution >= 4 is 41.9 Å². The molecule has 0 radical (unpaired) electrons. The van der Waals surface area contributed by atoms with Crippen molar-refractivity contribution in [1.82, 2.24) is 4.98 Å². The Labute approximate surface area is 119 Å². The molecular formula is C12H9NO6S2. The fraction of sp³-hybridized carbons (Fsp3) is 0. The molecule has 0 bridgehead atoms. The Hall–Kier alpha value is -1.94. The summed E-state index contributed by atoms with van der Waals surface area (Å²) in [5, 5.41) is 0.171. The fourth-order valence-electron chi connectivity index (χ4n) is 2.34. The van der Waals surface area contributed by atoms with Gasteiger partial charge in [-0.1, -0.05) is 30.3 Å². The number of nitrogens with one attached hydrogen (secondary N) is 1. The Morgan fingerprint density at radius 3 is 2.14 bits per heavy atom. The van der Waals surface area contributed by atoms with Crippen LogP contribution in [0.3, 0.4) is 0 Å². The Morgan fingerprint density at radius 2 is 1.52 bits per heavy atom. The monoisotopic (exact) mass is 327 g/mol. The number of benzene rings is 2. The molecule has 0 amide bonds. The van der Waals surface area contributed by atoms with Crippen LogP contribution in [0.1, 0.15) is 0 Å². The van der Waals surface area contributed by atoms with Crippen LogP contribution in [0.5, 0.6) is 0 Å². The first-order chi connectivity index (χ1) is 9.69. The average molecular weight is 327 g/mol. The van der Waals surface area contributed by atoms with Gasteiger partial charge in [-0.25, -0.2) is 0 Å². The smallest absolute Gasteiger partial charge is 0.311 e. The second kappa shape index (κ2) is 4.28. The molecular weight excluding hydrogens is 318 g/mol. The van der Waals surface area contributed by atoms with E-state index in [1.807, 2.05) is 0 Å². The highest BCUT2D eigenvalue weighted by molar-refractivity contribution is 7.89. The predicted molar refractivity (Wildman–Crippen MR) is 75.4 cm³/mol. The second-order valence-electron chi connectivity index (χ2n) is 4.44. The van der Waals surface area contributed by atoms with Gasteiger partial charge < -0.3 is 4.98 Å². The molecule has 0 aliphatic carbocycles. The summed E-state index contributed by atoms with van der Waals surface area (Å²) in [6.45, 7) is 0. The quantitative estimate of drug-likeness (QED) is 0.617. The lowest BCUT2D eigenvalue weighted by molar-refractivity contribution is 0.465. The van der Waals surface area contributed by atoms with E-state index in [1.54, 1.807) is 30.3 Å². The molecule has 0 spiro atoms. The van der Waals surface area contributed by atoms with Crippen LogP contribution in [0.15, 0.2) is 46.3 Å². The average Bonchev–Trinajstić information content (AvgIpc) is 2.78. The van der Waals surface area contributed by atoms with E-state index in [0.717, 1.165) is 0 Å². The van der Waals surface area contributed by atoms with E-state index in [1.165, 1.54) is 6.07 Å². The molecule has 21 heavy (non-hydrogen) atoms. The van der Waals surface area contributed by atoms with Gasteiger partial charge in [0.2, 0.25) is 0 Å². The van der Waals surface area contributed by atoms with Crippen LogP contribution >= 0.6 is 0 Å². The maximum atomic E-state index is 11.6. The summed E-state index contributed by atoms with van der Waals surface area (Å²) in [4.78, 5) is 1.48. The summed E-state index contributed by atoms with van der Waals surface area (Å²) in [6, 6.07) is 9.82. The van der Waals surface area contributed by atoms with Gasteiger partial charge in [0.25, 0.3) is 10.1 Å². The highest BCUT2D eigenvalue weighted by atomic mass is 32.2. The van der Waals surface area contributed by atoms with Crippen LogP contribution in [0.4, 0.5) is 0 Å². The zero-order valence-electron chi connectivity index (χ0n) is 10.3. The number of rotatable bonds is 2. The van der Waals surface area contributed by atoms with Gasteiger partial charge in [-0.2, -0.15) is 16.8 Å². The number of hydrogen-bond donors (Lipinski definition) is 3. The zero-order valence-corrected chi connectivity index (χ0v) is 11.9. The molecule has 1 aromatic heterocycles. The first-order valence-electron chi connectivity index (χ1n) is 5.68. The standard InChI is InChI=1S/C12H9NO6S2/c14-20(15,16)11-10-8-4-2-1-3-7(8)5-6-9(10)13-12(11)21(17,18)19/h1-6,13H,(H,14,15,16)(H,17,18,19). The molecule has 1 heterocycles. The highest BCUT2D eigenvalue weighted by Gasteiger charge is 2.30. The van der Waals surface area contributed by atoms with Crippen molar-refractivity contribution in [3.05, 3.63) is 36.4 Å². The van der Waals surface area contributed by atoms with Crippen molar-refractivity contribution in [2.75, 3.05) is 0 Å². The third-order valence-electron chi connectivity index (χ3n) is 3.13. The summed E-state index contributed by atoms with van der Waals surface area (Å²) >= 11 is 0. The first-order valence-corrected chi connectivity index (χ1v) is 8.56. The van der Waals surface area contributed by atoms with Crippen LogP contribution in [-0.2, 0) is 20.2 Å². The van der Waals surface area contributed by atoms with E-state index < -0.39 is 30.2 Å². The fourth-order valence-corrected chi connectivity index (χ4v) is 4.31. The maximum absolute atomic E-state index is 11.6. The molecule has 0 aliphatic heterocycles. The van der Waals surface area contributed by atoms with Crippen LogP contribution < -0.4 is 0 Å². The van der Waals surface area contributed by atoms with Crippen molar-refractivity contribution in [2.24, 2.45) is 0 Å². The summed E-state index contributed by atoms with van der Waals surface area (Å²) in [5.74, 6) is 0. The van der Waals surface area contributed by atoms with E-state index in [4.69, 9.17) is 0 Å². The van der Waals surface area contributed by atoms with Gasteiger partial charge in [0.05, 0.1) is 0 Å². The Morgan fingerprint density at radius 1 is 0.857 bits per heavy atom. The number of aromatic nitrogens is 1. The lowest BCUT2D eigenvalue weighted by Crippen LogP contribution is -2.07. The topological polar surface area (TPSA) is 125 Å².